The SMILES string of the molecule is CC(=O)c1ccc(OCc2noc(C(C)C)n2)c(Cl)c1. The summed E-state index contributed by atoms with van der Waals surface area (Å²) in [7, 11) is 0. The second-order valence-corrected chi connectivity index (χ2v) is 5.10. The van der Waals surface area contributed by atoms with Crippen LogP contribution in [0.1, 0.15) is 48.8 Å². The largest absolute Gasteiger partial charge is 0.484 e. The van der Waals surface area contributed by atoms with E-state index in [1.54, 1.807) is 18.2 Å². The van der Waals surface area contributed by atoms with Crippen molar-refractivity contribution < 1.29 is 14.1 Å². The quantitative estimate of drug-likeness (QED) is 0.788. The summed E-state index contributed by atoms with van der Waals surface area (Å²) in [5.74, 6) is 1.64. The minimum absolute atomic E-state index is 0.0433. The minimum Gasteiger partial charge on any atom is -0.484 e. The predicted molar refractivity (Wildman–Crippen MR) is 74.2 cm³/mol. The molecule has 1 heterocycles. The van der Waals surface area contributed by atoms with E-state index in [4.69, 9.17) is 20.9 Å². The summed E-state index contributed by atoms with van der Waals surface area (Å²) in [4.78, 5) is 15.4. The topological polar surface area (TPSA) is 65.2 Å². The summed E-state index contributed by atoms with van der Waals surface area (Å²) in [6.07, 6.45) is 0. The van der Waals surface area contributed by atoms with Gasteiger partial charge in [0.2, 0.25) is 11.7 Å². The smallest absolute Gasteiger partial charge is 0.229 e. The van der Waals surface area contributed by atoms with Crippen LogP contribution in [0, 0.1) is 0 Å². The number of halogens is 1. The molecule has 0 spiro atoms. The van der Waals surface area contributed by atoms with Gasteiger partial charge in [0.1, 0.15) is 5.75 Å². The molecule has 0 radical (unpaired) electrons. The minimum atomic E-state index is -0.0433. The number of benzene rings is 1. The van der Waals surface area contributed by atoms with Gasteiger partial charge in [-0.3, -0.25) is 4.79 Å². The Labute approximate surface area is 121 Å². The highest BCUT2D eigenvalue weighted by atomic mass is 35.5. The first-order chi connectivity index (χ1) is 9.47. The summed E-state index contributed by atoms with van der Waals surface area (Å²) in [5, 5.41) is 4.20. The molecule has 20 heavy (non-hydrogen) atoms. The van der Waals surface area contributed by atoms with Crippen LogP contribution in [-0.2, 0) is 6.61 Å². The van der Waals surface area contributed by atoms with Crippen molar-refractivity contribution in [2.75, 3.05) is 0 Å². The lowest BCUT2D eigenvalue weighted by molar-refractivity contribution is 0.101. The highest BCUT2D eigenvalue weighted by Gasteiger charge is 2.11. The molecular formula is C14H15ClN2O3. The Bertz CT molecular complexity index is 623. The van der Waals surface area contributed by atoms with E-state index in [0.717, 1.165) is 0 Å². The number of carbonyl (C=O) groups is 1. The standard InChI is InChI=1S/C14H15ClN2O3/c1-8(2)14-16-13(17-20-14)7-19-12-5-4-10(9(3)18)6-11(12)15/h4-6,8H,7H2,1-3H3. The van der Waals surface area contributed by atoms with Gasteiger partial charge in [-0.25, -0.2) is 0 Å². The zero-order valence-corrected chi connectivity index (χ0v) is 12.3. The monoisotopic (exact) mass is 294 g/mol. The van der Waals surface area contributed by atoms with Crippen LogP contribution in [0.3, 0.4) is 0 Å². The third kappa shape index (κ3) is 3.36. The van der Waals surface area contributed by atoms with Crippen LogP contribution in [0.4, 0.5) is 0 Å². The van der Waals surface area contributed by atoms with E-state index in [2.05, 4.69) is 10.1 Å². The van der Waals surface area contributed by atoms with Gasteiger partial charge < -0.3 is 9.26 Å². The Hall–Kier alpha value is -1.88. The molecule has 0 saturated heterocycles. The number of nitrogens with zero attached hydrogens (tertiary/aromatic N) is 2. The highest BCUT2D eigenvalue weighted by Crippen LogP contribution is 2.26. The molecule has 0 atom stereocenters. The molecule has 0 saturated carbocycles. The van der Waals surface area contributed by atoms with Gasteiger partial charge >= 0.3 is 0 Å². The number of hydrogen-bond donors (Lipinski definition) is 0. The van der Waals surface area contributed by atoms with Crippen LogP contribution in [0.5, 0.6) is 5.75 Å². The molecule has 1 aromatic carbocycles. The first-order valence-corrected chi connectivity index (χ1v) is 6.61. The first kappa shape index (κ1) is 14.5. The van der Waals surface area contributed by atoms with Crippen molar-refractivity contribution in [2.45, 2.75) is 33.3 Å². The van der Waals surface area contributed by atoms with Crippen LogP contribution in [0.15, 0.2) is 22.7 Å². The van der Waals surface area contributed by atoms with Gasteiger partial charge in [0.05, 0.1) is 5.02 Å². The highest BCUT2D eigenvalue weighted by molar-refractivity contribution is 6.32. The third-order valence-corrected chi connectivity index (χ3v) is 2.97. The summed E-state index contributed by atoms with van der Waals surface area (Å²) in [6, 6.07) is 4.90. The lowest BCUT2D eigenvalue weighted by Gasteiger charge is -2.06. The zero-order chi connectivity index (χ0) is 14.7. The molecule has 0 aliphatic carbocycles. The maximum absolute atomic E-state index is 11.2. The Kier molecular flexibility index (Phi) is 4.39. The molecule has 0 N–H and O–H groups in total. The molecule has 2 aromatic rings. The Balaban J connectivity index is 2.05. The molecule has 2 rings (SSSR count). The van der Waals surface area contributed by atoms with Crippen molar-refractivity contribution >= 4 is 17.4 Å². The molecule has 1 aromatic heterocycles. The zero-order valence-electron chi connectivity index (χ0n) is 11.5. The van der Waals surface area contributed by atoms with Crippen LogP contribution >= 0.6 is 11.6 Å². The number of Topliss-reactive ketones (excluding diaryl/α,β-unsaturated/α-hetero) is 1. The average Bonchev–Trinajstić information content (AvgIpc) is 2.86. The van der Waals surface area contributed by atoms with Crippen molar-refractivity contribution in [1.29, 1.82) is 0 Å². The van der Waals surface area contributed by atoms with Gasteiger partial charge in [-0.2, -0.15) is 4.98 Å². The van der Waals surface area contributed by atoms with Gasteiger partial charge in [0.25, 0.3) is 0 Å². The van der Waals surface area contributed by atoms with Crippen LogP contribution in [0.25, 0.3) is 0 Å². The summed E-state index contributed by atoms with van der Waals surface area (Å²) >= 11 is 6.05. The number of rotatable bonds is 5. The van der Waals surface area contributed by atoms with E-state index in [1.807, 2.05) is 13.8 Å². The number of ether oxygens (including phenoxy) is 1. The second-order valence-electron chi connectivity index (χ2n) is 4.69. The Morgan fingerprint density at radius 3 is 2.75 bits per heavy atom. The van der Waals surface area contributed by atoms with Crippen molar-refractivity contribution in [3.05, 3.63) is 40.5 Å². The molecule has 0 unspecified atom stereocenters. The number of carbonyl (C=O) groups excluding carboxylic acids is 1. The molecule has 0 aliphatic heterocycles. The van der Waals surface area contributed by atoms with E-state index < -0.39 is 0 Å². The van der Waals surface area contributed by atoms with Crippen LogP contribution < -0.4 is 4.74 Å². The number of aromatic nitrogens is 2. The second kappa shape index (κ2) is 6.05. The maximum atomic E-state index is 11.2. The van der Waals surface area contributed by atoms with Gasteiger partial charge in [-0.05, 0) is 25.1 Å². The lowest BCUT2D eigenvalue weighted by atomic mass is 10.1. The van der Waals surface area contributed by atoms with Gasteiger partial charge in [0.15, 0.2) is 12.4 Å². The van der Waals surface area contributed by atoms with E-state index in [1.165, 1.54) is 6.92 Å². The molecule has 0 fully saturated rings. The van der Waals surface area contributed by atoms with Crippen molar-refractivity contribution in [3.63, 3.8) is 0 Å². The lowest BCUT2D eigenvalue weighted by Crippen LogP contribution is -2.00. The predicted octanol–water partition coefficient (Wildman–Crippen LogP) is 3.63. The number of hydrogen-bond acceptors (Lipinski definition) is 5. The fourth-order valence-corrected chi connectivity index (χ4v) is 1.77. The van der Waals surface area contributed by atoms with Crippen LogP contribution in [0.2, 0.25) is 5.02 Å². The fourth-order valence-electron chi connectivity index (χ4n) is 1.54. The van der Waals surface area contributed by atoms with Gasteiger partial charge in [0, 0.05) is 11.5 Å². The van der Waals surface area contributed by atoms with Crippen molar-refractivity contribution in [3.8, 4) is 5.75 Å². The van der Waals surface area contributed by atoms with Crippen LogP contribution in [-0.4, -0.2) is 15.9 Å². The normalized spacial score (nSPS) is 10.8. The molecule has 0 bridgehead atoms. The van der Waals surface area contributed by atoms with E-state index in [0.29, 0.717) is 28.1 Å². The van der Waals surface area contributed by atoms with Crippen molar-refractivity contribution in [2.24, 2.45) is 0 Å². The Morgan fingerprint density at radius 2 is 2.20 bits per heavy atom. The van der Waals surface area contributed by atoms with E-state index in [-0.39, 0.29) is 18.3 Å². The maximum Gasteiger partial charge on any atom is 0.229 e. The number of ketones is 1. The summed E-state index contributed by atoms with van der Waals surface area (Å²) in [5.41, 5.74) is 0.545. The fraction of sp³-hybridized carbons (Fsp3) is 0.357. The van der Waals surface area contributed by atoms with Crippen molar-refractivity contribution in [1.82, 2.24) is 10.1 Å². The molecule has 0 aliphatic rings. The Morgan fingerprint density at radius 1 is 1.45 bits per heavy atom. The summed E-state index contributed by atoms with van der Waals surface area (Å²) < 4.78 is 10.6. The molecule has 5 nitrogen and oxygen atoms in total. The van der Waals surface area contributed by atoms with E-state index >= 15 is 0 Å². The molecular weight excluding hydrogens is 280 g/mol. The average molecular weight is 295 g/mol. The van der Waals surface area contributed by atoms with Gasteiger partial charge in [-0.15, -0.1) is 0 Å². The third-order valence-electron chi connectivity index (χ3n) is 2.67. The first-order valence-electron chi connectivity index (χ1n) is 6.23. The molecule has 0 amide bonds. The van der Waals surface area contributed by atoms with E-state index in [9.17, 15) is 4.79 Å². The molecule has 6 heteroatoms. The van der Waals surface area contributed by atoms with Gasteiger partial charge in [-0.1, -0.05) is 30.6 Å². The molecule has 106 valence electrons. The summed E-state index contributed by atoms with van der Waals surface area (Å²) in [6.45, 7) is 5.58.